The van der Waals surface area contributed by atoms with Gasteiger partial charge in [-0.1, -0.05) is 12.8 Å². The molecule has 1 aliphatic carbocycles. The molecule has 0 amide bonds. The molecule has 2 nitrogen and oxygen atoms in total. The maximum atomic E-state index is 5.99. The second-order valence-electron chi connectivity index (χ2n) is 4.62. The number of nitrogen functional groups attached to an aromatic ring is 1. The van der Waals surface area contributed by atoms with Crippen molar-refractivity contribution in [1.29, 1.82) is 0 Å². The van der Waals surface area contributed by atoms with Crippen molar-refractivity contribution in [3.05, 3.63) is 21.8 Å². The molecule has 0 unspecified atom stereocenters. The second-order valence-corrected chi connectivity index (χ2v) is 5.87. The quantitative estimate of drug-likeness (QED) is 0.646. The van der Waals surface area contributed by atoms with Crippen molar-refractivity contribution in [3.8, 4) is 0 Å². The Morgan fingerprint density at radius 2 is 2.00 bits per heavy atom. The highest BCUT2D eigenvalue weighted by atomic mass is 127. The number of hydrogen-bond acceptors (Lipinski definition) is 2. The summed E-state index contributed by atoms with van der Waals surface area (Å²) < 4.78 is 1.19. The molecule has 1 fully saturated rings. The van der Waals surface area contributed by atoms with Crippen LogP contribution in [0.25, 0.3) is 0 Å². The minimum atomic E-state index is 0.251. The number of nitrogens with one attached hydrogen (secondary N) is 1. The fraction of sp³-hybridized carbons (Fsp3) is 0.500. The van der Waals surface area contributed by atoms with E-state index in [2.05, 4.69) is 47.0 Å². The Balaban J connectivity index is 2.16. The molecule has 0 aliphatic heterocycles. The van der Waals surface area contributed by atoms with E-state index in [9.17, 15) is 0 Å². The largest absolute Gasteiger partial charge is 0.397 e. The lowest BCUT2D eigenvalue weighted by atomic mass is 10.00. The van der Waals surface area contributed by atoms with Gasteiger partial charge in [-0.25, -0.2) is 0 Å². The van der Waals surface area contributed by atoms with Crippen LogP contribution in [-0.4, -0.2) is 5.54 Å². The van der Waals surface area contributed by atoms with E-state index in [1.807, 2.05) is 6.07 Å². The molecule has 3 heteroatoms. The minimum absolute atomic E-state index is 0.251. The van der Waals surface area contributed by atoms with E-state index in [0.717, 1.165) is 11.4 Å². The fourth-order valence-corrected chi connectivity index (χ4v) is 2.77. The van der Waals surface area contributed by atoms with Crippen molar-refractivity contribution in [3.63, 3.8) is 0 Å². The number of anilines is 2. The van der Waals surface area contributed by atoms with E-state index in [-0.39, 0.29) is 5.54 Å². The Morgan fingerprint density at radius 1 is 1.33 bits per heavy atom. The van der Waals surface area contributed by atoms with E-state index < -0.39 is 0 Å². The van der Waals surface area contributed by atoms with Crippen molar-refractivity contribution < 1.29 is 0 Å². The Hall–Kier alpha value is -0.450. The molecule has 1 saturated carbocycles. The predicted molar refractivity (Wildman–Crippen MR) is 74.1 cm³/mol. The zero-order valence-corrected chi connectivity index (χ0v) is 11.2. The molecule has 0 atom stereocenters. The third-order valence-corrected chi connectivity index (χ3v) is 3.83. The maximum Gasteiger partial charge on any atom is 0.0578 e. The molecule has 0 spiro atoms. The summed E-state index contributed by atoms with van der Waals surface area (Å²) in [5.41, 5.74) is 8.18. The normalized spacial score (nSPS) is 19.1. The third kappa shape index (κ3) is 2.56. The van der Waals surface area contributed by atoms with Gasteiger partial charge in [-0.05, 0) is 60.6 Å². The first-order valence-corrected chi connectivity index (χ1v) is 6.50. The molecule has 3 N–H and O–H groups in total. The molecule has 0 heterocycles. The average molecular weight is 316 g/mol. The van der Waals surface area contributed by atoms with Gasteiger partial charge >= 0.3 is 0 Å². The van der Waals surface area contributed by atoms with Crippen LogP contribution in [0.1, 0.15) is 32.6 Å². The molecule has 1 aromatic carbocycles. The van der Waals surface area contributed by atoms with Gasteiger partial charge in [0.25, 0.3) is 0 Å². The fourth-order valence-electron chi connectivity index (χ4n) is 2.25. The van der Waals surface area contributed by atoms with Gasteiger partial charge in [0.05, 0.1) is 11.4 Å². The van der Waals surface area contributed by atoms with Gasteiger partial charge in [-0.15, -0.1) is 0 Å². The molecule has 0 bridgehead atoms. The third-order valence-electron chi connectivity index (χ3n) is 3.16. The molecule has 2 rings (SSSR count). The van der Waals surface area contributed by atoms with E-state index in [0.29, 0.717) is 0 Å². The van der Waals surface area contributed by atoms with Crippen LogP contribution in [0.4, 0.5) is 11.4 Å². The first-order valence-electron chi connectivity index (χ1n) is 5.42. The molecule has 82 valence electrons. The van der Waals surface area contributed by atoms with Gasteiger partial charge in [0.2, 0.25) is 0 Å². The molecule has 0 aromatic heterocycles. The van der Waals surface area contributed by atoms with E-state index in [1.54, 1.807) is 0 Å². The van der Waals surface area contributed by atoms with E-state index >= 15 is 0 Å². The summed E-state index contributed by atoms with van der Waals surface area (Å²) in [7, 11) is 0. The van der Waals surface area contributed by atoms with Gasteiger partial charge in [0.1, 0.15) is 0 Å². The Bertz CT molecular complexity index is 357. The first kappa shape index (κ1) is 11.0. The number of rotatable bonds is 2. The van der Waals surface area contributed by atoms with Crippen molar-refractivity contribution in [1.82, 2.24) is 0 Å². The number of nitrogens with two attached hydrogens (primary N) is 1. The van der Waals surface area contributed by atoms with Gasteiger partial charge in [-0.3, -0.25) is 0 Å². The van der Waals surface area contributed by atoms with Gasteiger partial charge in [0, 0.05) is 9.11 Å². The molecule has 15 heavy (non-hydrogen) atoms. The SMILES string of the molecule is CC1(Nc2ccc(I)cc2N)CCCC1. The molecular weight excluding hydrogens is 299 g/mol. The summed E-state index contributed by atoms with van der Waals surface area (Å²) in [5.74, 6) is 0. The van der Waals surface area contributed by atoms with Crippen LogP contribution >= 0.6 is 22.6 Å². The molecule has 0 saturated heterocycles. The van der Waals surface area contributed by atoms with Gasteiger partial charge in [-0.2, -0.15) is 0 Å². The summed E-state index contributed by atoms with van der Waals surface area (Å²) in [6, 6.07) is 6.19. The molecule has 0 radical (unpaired) electrons. The molecular formula is C12H17IN2. The second kappa shape index (κ2) is 4.20. The van der Waals surface area contributed by atoms with Crippen LogP contribution in [0, 0.1) is 3.57 Å². The lowest BCUT2D eigenvalue weighted by Crippen LogP contribution is -2.31. The van der Waals surface area contributed by atoms with Crippen molar-refractivity contribution in [2.75, 3.05) is 11.1 Å². The van der Waals surface area contributed by atoms with Crippen LogP contribution in [-0.2, 0) is 0 Å². The van der Waals surface area contributed by atoms with Gasteiger partial charge < -0.3 is 11.1 Å². The number of hydrogen-bond donors (Lipinski definition) is 2. The standard InChI is InChI=1S/C12H17IN2/c1-12(6-2-3-7-12)15-11-5-4-9(13)8-10(11)14/h4-5,8,15H,2-3,6-7,14H2,1H3. The number of benzene rings is 1. The Morgan fingerprint density at radius 3 is 2.60 bits per heavy atom. The summed E-state index contributed by atoms with van der Waals surface area (Å²) in [6.45, 7) is 2.29. The monoisotopic (exact) mass is 316 g/mol. The first-order chi connectivity index (χ1) is 7.09. The van der Waals surface area contributed by atoms with Crippen molar-refractivity contribution in [2.24, 2.45) is 0 Å². The van der Waals surface area contributed by atoms with Crippen molar-refractivity contribution >= 4 is 34.0 Å². The smallest absolute Gasteiger partial charge is 0.0578 e. The molecule has 1 aromatic rings. The highest BCUT2D eigenvalue weighted by molar-refractivity contribution is 14.1. The highest BCUT2D eigenvalue weighted by Crippen LogP contribution is 2.34. The zero-order valence-electron chi connectivity index (χ0n) is 9.02. The van der Waals surface area contributed by atoms with E-state index in [1.165, 1.54) is 29.3 Å². The predicted octanol–water partition coefficient (Wildman–Crippen LogP) is 3.62. The lowest BCUT2D eigenvalue weighted by Gasteiger charge is -2.27. The summed E-state index contributed by atoms with van der Waals surface area (Å²) in [4.78, 5) is 0. The van der Waals surface area contributed by atoms with Crippen molar-refractivity contribution in [2.45, 2.75) is 38.1 Å². The lowest BCUT2D eigenvalue weighted by molar-refractivity contribution is 0.533. The zero-order chi connectivity index (χ0) is 10.9. The number of halogens is 1. The summed E-state index contributed by atoms with van der Waals surface area (Å²) >= 11 is 2.28. The average Bonchev–Trinajstić information content (AvgIpc) is 2.58. The topological polar surface area (TPSA) is 38.0 Å². The van der Waals surface area contributed by atoms with E-state index in [4.69, 9.17) is 5.73 Å². The Labute approximate surface area is 105 Å². The summed E-state index contributed by atoms with van der Waals surface area (Å²) in [6.07, 6.45) is 5.15. The van der Waals surface area contributed by atoms with Crippen LogP contribution in [0.2, 0.25) is 0 Å². The van der Waals surface area contributed by atoms with Crippen LogP contribution in [0.3, 0.4) is 0 Å². The summed E-state index contributed by atoms with van der Waals surface area (Å²) in [5, 5.41) is 3.58. The minimum Gasteiger partial charge on any atom is -0.397 e. The molecule has 1 aliphatic rings. The van der Waals surface area contributed by atoms with Gasteiger partial charge in [0.15, 0.2) is 0 Å². The Kier molecular flexibility index (Phi) is 3.09. The van der Waals surface area contributed by atoms with Crippen LogP contribution < -0.4 is 11.1 Å². The maximum absolute atomic E-state index is 5.99. The van der Waals surface area contributed by atoms with Crippen LogP contribution in [0.15, 0.2) is 18.2 Å². The van der Waals surface area contributed by atoms with Crippen LogP contribution in [0.5, 0.6) is 0 Å². The highest BCUT2D eigenvalue weighted by Gasteiger charge is 2.28.